The van der Waals surface area contributed by atoms with Gasteiger partial charge in [0.25, 0.3) is 0 Å². The molecule has 0 unspecified atom stereocenters. The van der Waals surface area contributed by atoms with Crippen molar-refractivity contribution in [1.29, 1.82) is 0 Å². The van der Waals surface area contributed by atoms with Crippen LogP contribution in [0.25, 0.3) is 11.4 Å². The lowest BCUT2D eigenvalue weighted by Crippen LogP contribution is -2.34. The molecule has 6 nitrogen and oxygen atoms in total. The molecular weight excluding hydrogens is 593 g/mol. The van der Waals surface area contributed by atoms with Crippen LogP contribution in [0.15, 0.2) is 54.9 Å². The molecule has 0 aliphatic carbocycles. The second-order valence-corrected chi connectivity index (χ2v) is 11.9. The number of nitrogens with zero attached hydrogens (tertiary/aromatic N) is 2. The zero-order valence-electron chi connectivity index (χ0n) is 27.3. The van der Waals surface area contributed by atoms with E-state index in [1.807, 2.05) is 12.4 Å². The van der Waals surface area contributed by atoms with Gasteiger partial charge in [0.1, 0.15) is 5.75 Å². The van der Waals surface area contributed by atoms with E-state index in [-0.39, 0.29) is 17.7 Å². The van der Waals surface area contributed by atoms with E-state index in [4.69, 9.17) is 9.47 Å². The van der Waals surface area contributed by atoms with E-state index in [0.29, 0.717) is 29.8 Å². The Hall–Kier alpha value is -3.75. The molecule has 0 N–H and O–H groups in total. The Kier molecular flexibility index (Phi) is 15.2. The van der Waals surface area contributed by atoms with Gasteiger partial charge in [-0.2, -0.15) is 13.2 Å². The Morgan fingerprint density at radius 2 is 1.35 bits per heavy atom. The van der Waals surface area contributed by atoms with Crippen molar-refractivity contribution >= 4 is 11.9 Å². The number of unbranched alkanes of at least 4 members (excludes halogenated alkanes) is 10. The maximum absolute atomic E-state index is 13.6. The first-order valence-electron chi connectivity index (χ1n) is 16.6. The van der Waals surface area contributed by atoms with E-state index in [2.05, 4.69) is 23.8 Å². The summed E-state index contributed by atoms with van der Waals surface area (Å²) in [4.78, 5) is 34.4. The van der Waals surface area contributed by atoms with Crippen LogP contribution in [-0.2, 0) is 11.2 Å². The molecule has 1 aromatic heterocycles. The van der Waals surface area contributed by atoms with Crippen molar-refractivity contribution in [3.63, 3.8) is 0 Å². The van der Waals surface area contributed by atoms with Crippen LogP contribution in [0.1, 0.15) is 129 Å². The Balaban J connectivity index is 1.53. The first kappa shape index (κ1) is 36.7. The van der Waals surface area contributed by atoms with Crippen molar-refractivity contribution in [3.05, 3.63) is 77.1 Å². The number of rotatable bonds is 19. The topological polar surface area (TPSA) is 78.4 Å². The second kappa shape index (κ2) is 19.0. The number of halogens is 3. The van der Waals surface area contributed by atoms with Crippen LogP contribution in [0.5, 0.6) is 5.75 Å². The van der Waals surface area contributed by atoms with Gasteiger partial charge in [0.05, 0.1) is 11.1 Å². The maximum atomic E-state index is 13.6. The van der Waals surface area contributed by atoms with Gasteiger partial charge in [-0.25, -0.2) is 19.6 Å². The number of hydrogen-bond donors (Lipinski definition) is 0. The quantitative estimate of drug-likeness (QED) is 0.0737. The van der Waals surface area contributed by atoms with Crippen molar-refractivity contribution in [3.8, 4) is 17.1 Å². The fourth-order valence-corrected chi connectivity index (χ4v) is 5.18. The third kappa shape index (κ3) is 12.2. The number of aromatic nitrogens is 2. The smallest absolute Gasteiger partial charge is 0.425 e. The zero-order chi connectivity index (χ0) is 33.4. The van der Waals surface area contributed by atoms with E-state index >= 15 is 0 Å². The fourth-order valence-electron chi connectivity index (χ4n) is 5.18. The van der Waals surface area contributed by atoms with Gasteiger partial charge in [-0.15, -0.1) is 0 Å². The molecular formula is C37H47F3N2O4. The number of esters is 2. The Bertz CT molecular complexity index is 1360. The van der Waals surface area contributed by atoms with Crippen LogP contribution >= 0.6 is 0 Å². The second-order valence-electron chi connectivity index (χ2n) is 11.9. The lowest BCUT2D eigenvalue weighted by Gasteiger charge is -2.21. The third-order valence-corrected chi connectivity index (χ3v) is 7.97. The molecule has 0 amide bonds. The summed E-state index contributed by atoms with van der Waals surface area (Å²) in [6, 6.07) is 10.8. The summed E-state index contributed by atoms with van der Waals surface area (Å²) in [6.45, 7) is 5.84. The van der Waals surface area contributed by atoms with E-state index in [9.17, 15) is 22.8 Å². The molecule has 0 spiro atoms. The molecule has 2 aromatic carbocycles. The molecule has 1 heterocycles. The van der Waals surface area contributed by atoms with Gasteiger partial charge in [-0.1, -0.05) is 90.2 Å². The molecule has 3 rings (SSSR count). The number of benzene rings is 2. The summed E-state index contributed by atoms with van der Waals surface area (Å²) in [5, 5.41) is 0. The van der Waals surface area contributed by atoms with Crippen molar-refractivity contribution in [2.45, 2.75) is 123 Å². The average molecular weight is 641 g/mol. The Morgan fingerprint density at radius 1 is 0.761 bits per heavy atom. The molecule has 9 heteroatoms. The van der Waals surface area contributed by atoms with Gasteiger partial charge in [-0.05, 0) is 74.1 Å². The summed E-state index contributed by atoms with van der Waals surface area (Å²) in [7, 11) is 0. The summed E-state index contributed by atoms with van der Waals surface area (Å²) < 4.78 is 51.1. The predicted octanol–water partition coefficient (Wildman–Crippen LogP) is 10.4. The number of carbonyl (C=O) groups excluding carboxylic acids is 2. The number of ether oxygens (including phenoxy) is 2. The fraction of sp³-hybridized carbons (Fsp3) is 0.514. The van der Waals surface area contributed by atoms with Gasteiger partial charge in [0, 0.05) is 18.0 Å². The van der Waals surface area contributed by atoms with Crippen molar-refractivity contribution in [2.75, 3.05) is 0 Å². The molecule has 0 saturated carbocycles. The van der Waals surface area contributed by atoms with Gasteiger partial charge >= 0.3 is 18.1 Å². The summed E-state index contributed by atoms with van der Waals surface area (Å²) >= 11 is 0. The minimum Gasteiger partial charge on any atom is -0.449 e. The first-order valence-corrected chi connectivity index (χ1v) is 16.6. The molecule has 0 saturated heterocycles. The summed E-state index contributed by atoms with van der Waals surface area (Å²) in [6.07, 6.45) is 9.88. The van der Waals surface area contributed by atoms with Crippen LogP contribution in [0.4, 0.5) is 13.2 Å². The molecule has 0 radical (unpaired) electrons. The molecule has 46 heavy (non-hydrogen) atoms. The number of aryl methyl sites for hydroxylation is 2. The Labute approximate surface area is 271 Å². The highest BCUT2D eigenvalue weighted by Crippen LogP contribution is 2.29. The molecule has 250 valence electrons. The van der Waals surface area contributed by atoms with E-state index < -0.39 is 24.2 Å². The van der Waals surface area contributed by atoms with Crippen LogP contribution in [-0.4, -0.2) is 34.2 Å². The average Bonchev–Trinajstić information content (AvgIpc) is 3.03. The van der Waals surface area contributed by atoms with Crippen molar-refractivity contribution in [1.82, 2.24) is 9.97 Å². The van der Waals surface area contributed by atoms with E-state index in [1.165, 1.54) is 50.3 Å². The minimum atomic E-state index is -4.65. The first-order chi connectivity index (χ1) is 22.1. The van der Waals surface area contributed by atoms with Gasteiger partial charge in [0.15, 0.2) is 11.9 Å². The van der Waals surface area contributed by atoms with Gasteiger partial charge in [-0.3, -0.25) is 0 Å². The normalized spacial score (nSPS) is 12.1. The minimum absolute atomic E-state index is 0.0145. The van der Waals surface area contributed by atoms with Crippen LogP contribution < -0.4 is 4.74 Å². The zero-order valence-corrected chi connectivity index (χ0v) is 27.3. The third-order valence-electron chi connectivity index (χ3n) is 7.97. The number of carbonyl (C=O) groups is 2. The summed E-state index contributed by atoms with van der Waals surface area (Å²) in [5.41, 5.74) is 2.48. The molecule has 0 aliphatic rings. The lowest BCUT2D eigenvalue weighted by atomic mass is 10.1. The van der Waals surface area contributed by atoms with E-state index in [1.54, 1.807) is 31.2 Å². The van der Waals surface area contributed by atoms with Crippen LogP contribution in [0, 0.1) is 6.92 Å². The number of alkyl halides is 3. The van der Waals surface area contributed by atoms with Crippen LogP contribution in [0.2, 0.25) is 0 Å². The van der Waals surface area contributed by atoms with Crippen LogP contribution in [0.3, 0.4) is 0 Å². The highest BCUT2D eigenvalue weighted by molar-refractivity contribution is 5.93. The largest absolute Gasteiger partial charge is 0.449 e. The molecule has 0 bridgehead atoms. The molecule has 0 fully saturated rings. The molecule has 1 atom stereocenters. The number of hydrogen-bond acceptors (Lipinski definition) is 6. The monoisotopic (exact) mass is 640 g/mol. The molecule has 3 aromatic rings. The van der Waals surface area contributed by atoms with E-state index in [0.717, 1.165) is 49.7 Å². The lowest BCUT2D eigenvalue weighted by molar-refractivity contribution is -0.206. The summed E-state index contributed by atoms with van der Waals surface area (Å²) in [5.74, 6) is -0.958. The highest BCUT2D eigenvalue weighted by atomic mass is 19.4. The van der Waals surface area contributed by atoms with Crippen molar-refractivity contribution in [2.24, 2.45) is 0 Å². The van der Waals surface area contributed by atoms with Crippen molar-refractivity contribution < 1.29 is 32.2 Å². The Morgan fingerprint density at radius 3 is 1.93 bits per heavy atom. The maximum Gasteiger partial charge on any atom is 0.425 e. The standard InChI is InChI=1S/C37H47F3N2O4/c1-4-6-8-10-12-14-16-28-25-41-34(42-26-28)29-18-20-30(21-19-29)35(43)45-31-22-23-32(27(3)24-31)36(44)46-33(37(38,39)40)17-15-13-11-9-7-5-2/h18-26,33H,4-17H2,1-3H3/t33-/m1/s1. The predicted molar refractivity (Wildman–Crippen MR) is 174 cm³/mol. The highest BCUT2D eigenvalue weighted by Gasteiger charge is 2.42. The van der Waals surface area contributed by atoms with Gasteiger partial charge < -0.3 is 9.47 Å². The SMILES string of the molecule is CCCCCCCCc1cnc(-c2ccc(C(=O)Oc3ccc(C(=O)O[C@H](CCCCCCCC)C(F)(F)F)c(C)c3)cc2)nc1. The molecule has 0 aliphatic heterocycles. The van der Waals surface area contributed by atoms with Gasteiger partial charge in [0.2, 0.25) is 0 Å².